The third-order valence-corrected chi connectivity index (χ3v) is 4.17. The number of rotatable bonds is 2. The number of nitrogens with zero attached hydrogens (tertiary/aromatic N) is 2. The van der Waals surface area contributed by atoms with Crippen LogP contribution in [0, 0.1) is 0 Å². The number of pyridine rings is 1. The van der Waals surface area contributed by atoms with E-state index >= 15 is 0 Å². The number of para-hydroxylation sites is 1. The van der Waals surface area contributed by atoms with Gasteiger partial charge in [0.05, 0.1) is 5.52 Å². The first kappa shape index (κ1) is 15.9. The smallest absolute Gasteiger partial charge is 0.271 e. The second-order valence-electron chi connectivity index (χ2n) is 5.51. The van der Waals surface area contributed by atoms with Crippen LogP contribution in [0.2, 0.25) is 0 Å². The monoisotopic (exact) mass is 307 g/mol. The molecule has 114 valence electrons. The number of piperazine rings is 1. The summed E-state index contributed by atoms with van der Waals surface area (Å²) in [5.41, 5.74) is 3.02. The summed E-state index contributed by atoms with van der Waals surface area (Å²) in [6, 6.07) is 8.25. The predicted octanol–water partition coefficient (Wildman–Crippen LogP) is 2.26. The van der Waals surface area contributed by atoms with Gasteiger partial charge in [-0.15, -0.1) is 12.4 Å². The number of anilines is 1. The molecule has 1 aliphatic rings. The van der Waals surface area contributed by atoms with E-state index in [-0.39, 0.29) is 18.0 Å². The molecule has 0 aliphatic carbocycles. The highest BCUT2D eigenvalue weighted by Crippen LogP contribution is 2.20. The van der Waals surface area contributed by atoms with Gasteiger partial charge in [0.15, 0.2) is 0 Å². The highest BCUT2D eigenvalue weighted by Gasteiger charge is 2.17. The molecule has 2 aromatic rings. The molecular formula is C16H22ClN3O. The van der Waals surface area contributed by atoms with Crippen molar-refractivity contribution in [3.8, 4) is 0 Å². The molecule has 1 fully saturated rings. The molecule has 1 aliphatic heterocycles. The number of aromatic amines is 1. The molecule has 1 N–H and O–H groups in total. The van der Waals surface area contributed by atoms with Gasteiger partial charge in [0.25, 0.3) is 5.56 Å². The van der Waals surface area contributed by atoms with Gasteiger partial charge < -0.3 is 14.8 Å². The molecule has 2 heterocycles. The molecule has 0 spiro atoms. The normalized spacial score (nSPS) is 16.0. The summed E-state index contributed by atoms with van der Waals surface area (Å²) < 4.78 is 0. The van der Waals surface area contributed by atoms with Gasteiger partial charge in [-0.3, -0.25) is 4.79 Å². The van der Waals surface area contributed by atoms with Gasteiger partial charge in [0, 0.05) is 31.6 Å². The van der Waals surface area contributed by atoms with E-state index in [1.165, 1.54) is 5.56 Å². The van der Waals surface area contributed by atoms with Gasteiger partial charge >= 0.3 is 0 Å². The quantitative estimate of drug-likeness (QED) is 0.925. The fourth-order valence-corrected chi connectivity index (χ4v) is 2.86. The van der Waals surface area contributed by atoms with Crippen LogP contribution in [0.1, 0.15) is 12.5 Å². The molecule has 0 saturated carbocycles. The van der Waals surface area contributed by atoms with Crippen molar-refractivity contribution in [2.45, 2.75) is 13.3 Å². The Morgan fingerprint density at radius 2 is 1.90 bits per heavy atom. The number of H-pyrrole nitrogens is 1. The number of nitrogens with one attached hydrogen (secondary N) is 1. The third-order valence-electron chi connectivity index (χ3n) is 4.17. The zero-order valence-electron chi connectivity index (χ0n) is 12.6. The molecule has 3 rings (SSSR count). The van der Waals surface area contributed by atoms with Crippen LogP contribution in [-0.2, 0) is 6.42 Å². The topological polar surface area (TPSA) is 39.3 Å². The number of fused-ring (bicyclic) bond motifs is 1. The lowest BCUT2D eigenvalue weighted by atomic mass is 10.1. The largest absolute Gasteiger partial charge is 0.365 e. The lowest BCUT2D eigenvalue weighted by Crippen LogP contribution is -2.46. The molecule has 0 radical (unpaired) electrons. The highest BCUT2D eigenvalue weighted by atomic mass is 35.5. The molecule has 4 nitrogen and oxygen atoms in total. The summed E-state index contributed by atoms with van der Waals surface area (Å²) in [6.07, 6.45) is 0.932. The van der Waals surface area contributed by atoms with Gasteiger partial charge in [-0.25, -0.2) is 0 Å². The van der Waals surface area contributed by atoms with E-state index in [1.807, 2.05) is 6.07 Å². The number of likely N-dealkylation sites (N-methyl/N-ethyl adjacent to an activating group) is 1. The Morgan fingerprint density at radius 3 is 2.57 bits per heavy atom. The maximum absolute atomic E-state index is 12.4. The van der Waals surface area contributed by atoms with E-state index in [9.17, 15) is 4.79 Å². The van der Waals surface area contributed by atoms with Gasteiger partial charge in [0.1, 0.15) is 5.69 Å². The summed E-state index contributed by atoms with van der Waals surface area (Å²) in [5.74, 6) is 0. The van der Waals surface area contributed by atoms with E-state index in [0.29, 0.717) is 0 Å². The number of hydrogen-bond acceptors (Lipinski definition) is 3. The Kier molecular flexibility index (Phi) is 4.91. The minimum atomic E-state index is 0. The second kappa shape index (κ2) is 6.50. The summed E-state index contributed by atoms with van der Waals surface area (Å²) in [4.78, 5) is 19.9. The van der Waals surface area contributed by atoms with E-state index in [1.54, 1.807) is 0 Å². The summed E-state index contributed by atoms with van der Waals surface area (Å²) >= 11 is 0. The molecule has 1 saturated heterocycles. The third kappa shape index (κ3) is 3.06. The Hall–Kier alpha value is -1.52. The molecule has 21 heavy (non-hydrogen) atoms. The van der Waals surface area contributed by atoms with E-state index in [4.69, 9.17) is 0 Å². The van der Waals surface area contributed by atoms with Crippen LogP contribution in [-0.4, -0.2) is 43.1 Å². The van der Waals surface area contributed by atoms with Crippen LogP contribution in [0.15, 0.2) is 29.1 Å². The van der Waals surface area contributed by atoms with Crippen molar-refractivity contribution in [3.05, 3.63) is 40.2 Å². The Balaban J connectivity index is 0.00000161. The molecular weight excluding hydrogens is 286 g/mol. The number of aromatic nitrogens is 1. The average Bonchev–Trinajstić information content (AvgIpc) is 2.47. The minimum Gasteiger partial charge on any atom is -0.365 e. The zero-order valence-corrected chi connectivity index (χ0v) is 13.4. The Bertz CT molecular complexity index is 675. The molecule has 0 bridgehead atoms. The predicted molar refractivity (Wildman–Crippen MR) is 90.9 cm³/mol. The van der Waals surface area contributed by atoms with Crippen molar-refractivity contribution < 1.29 is 0 Å². The first-order valence-corrected chi connectivity index (χ1v) is 7.27. The van der Waals surface area contributed by atoms with Crippen molar-refractivity contribution in [3.63, 3.8) is 0 Å². The van der Waals surface area contributed by atoms with Crippen LogP contribution < -0.4 is 10.5 Å². The van der Waals surface area contributed by atoms with E-state index in [0.717, 1.165) is 49.2 Å². The van der Waals surface area contributed by atoms with Gasteiger partial charge in [-0.05, 0) is 25.1 Å². The maximum atomic E-state index is 12.4. The zero-order chi connectivity index (χ0) is 14.1. The van der Waals surface area contributed by atoms with E-state index < -0.39 is 0 Å². The second-order valence-corrected chi connectivity index (χ2v) is 5.51. The number of benzene rings is 1. The number of halogens is 1. The van der Waals surface area contributed by atoms with Crippen LogP contribution >= 0.6 is 12.4 Å². The van der Waals surface area contributed by atoms with Gasteiger partial charge in [0.2, 0.25) is 0 Å². The Labute approximate surface area is 131 Å². The lowest BCUT2D eigenvalue weighted by Gasteiger charge is -2.33. The highest BCUT2D eigenvalue weighted by molar-refractivity contribution is 5.85. The van der Waals surface area contributed by atoms with Crippen molar-refractivity contribution in [2.75, 3.05) is 38.1 Å². The minimum absolute atomic E-state index is 0. The Morgan fingerprint density at radius 1 is 1.19 bits per heavy atom. The van der Waals surface area contributed by atoms with Crippen LogP contribution in [0.25, 0.3) is 10.9 Å². The SMILES string of the molecule is CCc1cccc2cc(N3CCN(C)CC3)c(=O)[nH]c12.Cl. The standard InChI is InChI=1S/C16H21N3O.ClH/c1-3-12-5-4-6-13-11-14(16(20)17-15(12)13)19-9-7-18(2)8-10-19;/h4-6,11H,3,7-10H2,1-2H3,(H,17,20);1H. The first-order valence-electron chi connectivity index (χ1n) is 7.27. The molecule has 0 amide bonds. The van der Waals surface area contributed by atoms with Crippen LogP contribution in [0.3, 0.4) is 0 Å². The fraction of sp³-hybridized carbons (Fsp3) is 0.438. The van der Waals surface area contributed by atoms with Gasteiger partial charge in [-0.1, -0.05) is 25.1 Å². The average molecular weight is 308 g/mol. The van der Waals surface area contributed by atoms with Crippen LogP contribution in [0.4, 0.5) is 5.69 Å². The fourth-order valence-electron chi connectivity index (χ4n) is 2.86. The molecule has 0 unspecified atom stereocenters. The van der Waals surface area contributed by atoms with Crippen molar-refractivity contribution in [2.24, 2.45) is 0 Å². The first-order chi connectivity index (χ1) is 9.69. The molecule has 0 atom stereocenters. The molecule has 1 aromatic heterocycles. The molecule has 1 aromatic carbocycles. The van der Waals surface area contributed by atoms with E-state index in [2.05, 4.69) is 47.0 Å². The van der Waals surface area contributed by atoms with Crippen molar-refractivity contribution >= 4 is 29.0 Å². The number of aryl methyl sites for hydroxylation is 1. The molecule has 5 heteroatoms. The summed E-state index contributed by atoms with van der Waals surface area (Å²) in [7, 11) is 2.12. The lowest BCUT2D eigenvalue weighted by molar-refractivity contribution is 0.312. The summed E-state index contributed by atoms with van der Waals surface area (Å²) in [5, 5.41) is 1.12. The van der Waals surface area contributed by atoms with Gasteiger partial charge in [-0.2, -0.15) is 0 Å². The van der Waals surface area contributed by atoms with Crippen molar-refractivity contribution in [1.82, 2.24) is 9.88 Å². The van der Waals surface area contributed by atoms with Crippen molar-refractivity contribution in [1.29, 1.82) is 0 Å². The number of hydrogen-bond donors (Lipinski definition) is 1. The summed E-state index contributed by atoms with van der Waals surface area (Å²) in [6.45, 7) is 5.96. The van der Waals surface area contributed by atoms with Crippen LogP contribution in [0.5, 0.6) is 0 Å². The maximum Gasteiger partial charge on any atom is 0.271 e.